The van der Waals surface area contributed by atoms with Gasteiger partial charge in [-0.15, -0.1) is 0 Å². The normalized spacial score (nSPS) is 14.1. The zero-order valence-corrected chi connectivity index (χ0v) is 15.8. The minimum Gasteiger partial charge on any atom is -0.496 e. The fraction of sp³-hybridized carbons (Fsp3) is 0.200. The average molecular weight is 400 g/mol. The second-order valence-electron chi connectivity index (χ2n) is 6.55. The summed E-state index contributed by atoms with van der Waals surface area (Å²) in [5, 5.41) is 0. The molecule has 0 atom stereocenters. The summed E-state index contributed by atoms with van der Waals surface area (Å²) in [5.41, 5.74) is 0.914. The molecular formula is C20H17FN2O4S. The quantitative estimate of drug-likeness (QED) is 0.591. The smallest absolute Gasteiger partial charge is 0.269 e. The number of carbonyl (C=O) groups excluding carboxylic acids is 1. The highest BCUT2D eigenvalue weighted by Gasteiger charge is 2.36. The van der Waals surface area contributed by atoms with Gasteiger partial charge in [0.25, 0.3) is 10.0 Å². The first-order valence-corrected chi connectivity index (χ1v) is 10.1. The molecule has 0 aliphatic heterocycles. The lowest BCUT2D eigenvalue weighted by molar-refractivity contribution is 0.112. The molecule has 0 spiro atoms. The van der Waals surface area contributed by atoms with E-state index in [0.29, 0.717) is 11.8 Å². The number of aromatic nitrogens is 2. The third-order valence-corrected chi connectivity index (χ3v) is 6.42. The monoisotopic (exact) mass is 400 g/mol. The SMILES string of the molecule is COc1cccc(F)c1-c1c(C2CC2)c(C=O)cn1S(=O)(=O)c1cccnc1. The zero-order valence-electron chi connectivity index (χ0n) is 15.0. The van der Waals surface area contributed by atoms with Crippen LogP contribution in [0.15, 0.2) is 53.8 Å². The molecule has 1 aromatic carbocycles. The maximum Gasteiger partial charge on any atom is 0.269 e. The number of pyridine rings is 1. The Bertz CT molecular complexity index is 1150. The van der Waals surface area contributed by atoms with Gasteiger partial charge >= 0.3 is 0 Å². The van der Waals surface area contributed by atoms with Crippen LogP contribution in [0.25, 0.3) is 11.3 Å². The molecule has 2 aromatic heterocycles. The summed E-state index contributed by atoms with van der Waals surface area (Å²) in [6.45, 7) is 0. The van der Waals surface area contributed by atoms with Crippen LogP contribution < -0.4 is 4.74 Å². The first-order valence-electron chi connectivity index (χ1n) is 8.68. The predicted molar refractivity (Wildman–Crippen MR) is 101 cm³/mol. The first kappa shape index (κ1) is 18.4. The van der Waals surface area contributed by atoms with Gasteiger partial charge in [0.05, 0.1) is 18.4 Å². The van der Waals surface area contributed by atoms with E-state index in [1.165, 1.54) is 50.0 Å². The summed E-state index contributed by atoms with van der Waals surface area (Å²) in [5.74, 6) is -0.426. The molecule has 4 rings (SSSR count). The largest absolute Gasteiger partial charge is 0.496 e. The van der Waals surface area contributed by atoms with Crippen LogP contribution in [0.4, 0.5) is 4.39 Å². The Morgan fingerprint density at radius 1 is 1.25 bits per heavy atom. The number of carbonyl (C=O) groups is 1. The zero-order chi connectivity index (χ0) is 19.9. The van der Waals surface area contributed by atoms with Crippen LogP contribution in [0.3, 0.4) is 0 Å². The van der Waals surface area contributed by atoms with Crippen molar-refractivity contribution in [1.29, 1.82) is 0 Å². The number of hydrogen-bond acceptors (Lipinski definition) is 5. The van der Waals surface area contributed by atoms with Crippen LogP contribution in [0.1, 0.15) is 34.7 Å². The maximum atomic E-state index is 14.9. The van der Waals surface area contributed by atoms with Crippen molar-refractivity contribution in [2.24, 2.45) is 0 Å². The van der Waals surface area contributed by atoms with Crippen molar-refractivity contribution in [2.45, 2.75) is 23.7 Å². The molecule has 1 saturated carbocycles. The van der Waals surface area contributed by atoms with Gasteiger partial charge in [-0.3, -0.25) is 9.78 Å². The molecule has 6 nitrogen and oxygen atoms in total. The molecule has 8 heteroatoms. The van der Waals surface area contributed by atoms with Crippen molar-refractivity contribution in [3.63, 3.8) is 0 Å². The lowest BCUT2D eigenvalue weighted by Gasteiger charge is -2.15. The number of ether oxygens (including phenoxy) is 1. The Balaban J connectivity index is 2.09. The Labute approximate surface area is 161 Å². The predicted octanol–water partition coefficient (Wildman–Crippen LogP) is 3.62. The van der Waals surface area contributed by atoms with Crippen molar-refractivity contribution in [2.75, 3.05) is 7.11 Å². The van der Waals surface area contributed by atoms with Crippen LogP contribution in [0, 0.1) is 5.82 Å². The molecule has 144 valence electrons. The van der Waals surface area contributed by atoms with Crippen molar-refractivity contribution in [1.82, 2.24) is 8.96 Å². The van der Waals surface area contributed by atoms with E-state index < -0.39 is 15.8 Å². The van der Waals surface area contributed by atoms with E-state index in [2.05, 4.69) is 4.98 Å². The summed E-state index contributed by atoms with van der Waals surface area (Å²) in [6.07, 6.45) is 6.16. The summed E-state index contributed by atoms with van der Waals surface area (Å²) in [4.78, 5) is 15.5. The third-order valence-electron chi connectivity index (χ3n) is 4.78. The van der Waals surface area contributed by atoms with Crippen molar-refractivity contribution in [3.05, 3.63) is 65.9 Å². The van der Waals surface area contributed by atoms with Gasteiger partial charge in [-0.25, -0.2) is 16.8 Å². The van der Waals surface area contributed by atoms with Crippen LogP contribution in [0.2, 0.25) is 0 Å². The molecule has 0 saturated heterocycles. The molecule has 0 unspecified atom stereocenters. The Hall–Kier alpha value is -3.00. The number of hydrogen-bond donors (Lipinski definition) is 0. The van der Waals surface area contributed by atoms with Crippen LogP contribution in [-0.4, -0.2) is 30.8 Å². The molecule has 3 aromatic rings. The van der Waals surface area contributed by atoms with E-state index in [4.69, 9.17) is 4.74 Å². The molecule has 0 amide bonds. The lowest BCUT2D eigenvalue weighted by Crippen LogP contribution is -2.14. The third kappa shape index (κ3) is 2.90. The number of methoxy groups -OCH3 is 1. The summed E-state index contributed by atoms with van der Waals surface area (Å²) < 4.78 is 47.8. The number of halogens is 1. The summed E-state index contributed by atoms with van der Waals surface area (Å²) in [7, 11) is -2.72. The molecule has 28 heavy (non-hydrogen) atoms. The van der Waals surface area contributed by atoms with E-state index in [0.717, 1.165) is 16.8 Å². The maximum absolute atomic E-state index is 14.9. The van der Waals surface area contributed by atoms with Crippen LogP contribution in [0.5, 0.6) is 5.75 Å². The van der Waals surface area contributed by atoms with Gasteiger partial charge in [0.15, 0.2) is 6.29 Å². The molecule has 1 aliphatic carbocycles. The Morgan fingerprint density at radius 3 is 2.64 bits per heavy atom. The van der Waals surface area contributed by atoms with Crippen LogP contribution >= 0.6 is 0 Å². The number of nitrogens with zero attached hydrogens (tertiary/aromatic N) is 2. The minimum atomic E-state index is -4.10. The van der Waals surface area contributed by atoms with Gasteiger partial charge in [-0.05, 0) is 48.6 Å². The van der Waals surface area contributed by atoms with E-state index in [-0.39, 0.29) is 33.4 Å². The molecular weight excluding hydrogens is 383 g/mol. The minimum absolute atomic E-state index is 0.00450. The number of aldehydes is 1. The Kier molecular flexibility index (Phi) is 4.50. The fourth-order valence-electron chi connectivity index (χ4n) is 3.36. The highest BCUT2D eigenvalue weighted by molar-refractivity contribution is 7.90. The van der Waals surface area contributed by atoms with E-state index >= 15 is 0 Å². The first-order chi connectivity index (χ1) is 13.5. The van der Waals surface area contributed by atoms with Gasteiger partial charge in [0.1, 0.15) is 16.5 Å². The lowest BCUT2D eigenvalue weighted by atomic mass is 10.0. The van der Waals surface area contributed by atoms with E-state index in [9.17, 15) is 17.6 Å². The standard InChI is InChI=1S/C20H17FN2O4S/c1-27-17-6-2-5-16(21)19(17)20-18(13-7-8-13)14(12-24)11-23(20)28(25,26)15-4-3-9-22-10-15/h2-6,9-13H,7-8H2,1H3. The fourth-order valence-corrected chi connectivity index (χ4v) is 4.72. The highest BCUT2D eigenvalue weighted by Crippen LogP contribution is 2.49. The van der Waals surface area contributed by atoms with Crippen LogP contribution in [-0.2, 0) is 10.0 Å². The molecule has 1 aliphatic rings. The number of rotatable bonds is 6. The molecule has 0 N–H and O–H groups in total. The molecule has 0 bridgehead atoms. The number of benzene rings is 1. The highest BCUT2D eigenvalue weighted by atomic mass is 32.2. The summed E-state index contributed by atoms with van der Waals surface area (Å²) in [6, 6.07) is 7.19. The molecule has 0 radical (unpaired) electrons. The topological polar surface area (TPSA) is 78.3 Å². The van der Waals surface area contributed by atoms with Gasteiger partial charge in [-0.2, -0.15) is 0 Å². The van der Waals surface area contributed by atoms with Gasteiger partial charge in [0, 0.05) is 24.2 Å². The van der Waals surface area contributed by atoms with Gasteiger partial charge in [-0.1, -0.05) is 6.07 Å². The molecule has 2 heterocycles. The van der Waals surface area contributed by atoms with Crippen molar-refractivity contribution >= 4 is 16.3 Å². The second kappa shape index (κ2) is 6.87. The van der Waals surface area contributed by atoms with E-state index in [1.807, 2.05) is 0 Å². The second-order valence-corrected chi connectivity index (χ2v) is 8.36. The molecule has 1 fully saturated rings. The average Bonchev–Trinajstić information content (AvgIpc) is 3.47. The van der Waals surface area contributed by atoms with Crippen molar-refractivity contribution < 1.29 is 22.3 Å². The van der Waals surface area contributed by atoms with Gasteiger partial charge in [0.2, 0.25) is 0 Å². The van der Waals surface area contributed by atoms with Crippen molar-refractivity contribution in [3.8, 4) is 17.0 Å². The van der Waals surface area contributed by atoms with Gasteiger partial charge < -0.3 is 4.74 Å². The summed E-state index contributed by atoms with van der Waals surface area (Å²) >= 11 is 0. The van der Waals surface area contributed by atoms with E-state index in [1.54, 1.807) is 6.07 Å². The Morgan fingerprint density at radius 2 is 2.04 bits per heavy atom.